The van der Waals surface area contributed by atoms with Crippen molar-refractivity contribution in [1.82, 2.24) is 0 Å². The Bertz CT molecular complexity index is 129. The van der Waals surface area contributed by atoms with Crippen LogP contribution in [0.15, 0.2) is 12.2 Å². The fourth-order valence-corrected chi connectivity index (χ4v) is 0.123. The minimum absolute atomic E-state index is 0. The van der Waals surface area contributed by atoms with Gasteiger partial charge in [0.1, 0.15) is 0 Å². The average molecular weight is 231 g/mol. The first-order chi connectivity index (χ1) is 4.68. The van der Waals surface area contributed by atoms with Crippen molar-refractivity contribution in [3.63, 3.8) is 0 Å². The summed E-state index contributed by atoms with van der Waals surface area (Å²) in [5.41, 5.74) is 0.370. The van der Waals surface area contributed by atoms with Gasteiger partial charge in [0.2, 0.25) is 0 Å². The second kappa shape index (κ2) is 8.37. The molecule has 1 rings (SSSR count). The van der Waals surface area contributed by atoms with Crippen LogP contribution in [-0.4, -0.2) is 12.6 Å². The van der Waals surface area contributed by atoms with Crippen molar-refractivity contribution in [3.8, 4) is 0 Å². The molecule has 1 saturated heterocycles. The van der Waals surface area contributed by atoms with Gasteiger partial charge in [-0.1, -0.05) is 13.2 Å². The number of epoxide rings is 1. The van der Waals surface area contributed by atoms with E-state index in [1.165, 1.54) is 0 Å². The standard InChI is InChI=1S/C5H7O2.C2H3O.Y/c1-4(2)5(6)7-3;1-2-3-1;/h1,3H2,2H3;1H,2H2;/q2*-1;. The Labute approximate surface area is 92.0 Å². The van der Waals surface area contributed by atoms with Crippen LogP contribution in [0.25, 0.3) is 0 Å². The smallest absolute Gasteiger partial charge is 0.301 e. The third kappa shape index (κ3) is 13.3. The summed E-state index contributed by atoms with van der Waals surface area (Å²) in [6.07, 6.45) is 0. The van der Waals surface area contributed by atoms with Crippen LogP contribution in [0.3, 0.4) is 0 Å². The van der Waals surface area contributed by atoms with Gasteiger partial charge in [0.15, 0.2) is 0 Å². The summed E-state index contributed by atoms with van der Waals surface area (Å²) in [6, 6.07) is 0. The van der Waals surface area contributed by atoms with Crippen LogP contribution >= 0.6 is 0 Å². The Kier molecular flexibility index (Phi) is 10.5. The Balaban J connectivity index is 0. The van der Waals surface area contributed by atoms with E-state index in [0.29, 0.717) is 5.57 Å². The summed E-state index contributed by atoms with van der Waals surface area (Å²) in [5.74, 6) is -0.458. The molecule has 0 aromatic rings. The zero-order valence-electron chi connectivity index (χ0n) is 6.50. The number of hydrogen-bond donors (Lipinski definition) is 0. The molecule has 0 unspecified atom stereocenters. The summed E-state index contributed by atoms with van der Waals surface area (Å²) in [5, 5.41) is 0. The number of esters is 1. The summed E-state index contributed by atoms with van der Waals surface area (Å²) < 4.78 is 8.40. The maximum atomic E-state index is 10.1. The number of carbonyl (C=O) groups is 1. The van der Waals surface area contributed by atoms with E-state index in [1.54, 1.807) is 13.5 Å². The second-order valence-electron chi connectivity index (χ2n) is 1.71. The summed E-state index contributed by atoms with van der Waals surface area (Å²) >= 11 is 0. The molecular weight excluding hydrogens is 221 g/mol. The van der Waals surface area contributed by atoms with E-state index in [0.717, 1.165) is 6.61 Å². The molecule has 0 aromatic heterocycles. The second-order valence-corrected chi connectivity index (χ2v) is 1.71. The van der Waals surface area contributed by atoms with Gasteiger partial charge in [0.05, 0.1) is 0 Å². The fraction of sp³-hybridized carbons (Fsp3) is 0.286. The van der Waals surface area contributed by atoms with Crippen LogP contribution in [0.5, 0.6) is 0 Å². The van der Waals surface area contributed by atoms with Gasteiger partial charge < -0.3 is 9.47 Å². The van der Waals surface area contributed by atoms with Crippen LogP contribution in [0.1, 0.15) is 6.92 Å². The number of rotatable bonds is 1. The molecule has 1 aliphatic rings. The van der Waals surface area contributed by atoms with Crippen LogP contribution in [0.4, 0.5) is 0 Å². The molecule has 0 N–H and O–H groups in total. The molecule has 0 saturated carbocycles. The van der Waals surface area contributed by atoms with E-state index >= 15 is 0 Å². The maximum Gasteiger partial charge on any atom is 0.301 e. The van der Waals surface area contributed by atoms with Crippen LogP contribution in [0.2, 0.25) is 0 Å². The zero-order valence-corrected chi connectivity index (χ0v) is 9.34. The third-order valence-corrected chi connectivity index (χ3v) is 0.646. The molecule has 0 spiro atoms. The average Bonchev–Trinajstić information content (AvgIpc) is 2.70. The van der Waals surface area contributed by atoms with Gasteiger partial charge in [-0.25, -0.2) is 4.79 Å². The van der Waals surface area contributed by atoms with Gasteiger partial charge in [0, 0.05) is 38.3 Å². The van der Waals surface area contributed by atoms with E-state index in [4.69, 9.17) is 0 Å². The predicted molar refractivity (Wildman–Crippen MR) is 36.5 cm³/mol. The van der Waals surface area contributed by atoms with E-state index < -0.39 is 5.97 Å². The number of carbonyl (C=O) groups excluding carboxylic acids is 1. The molecule has 3 nitrogen and oxygen atoms in total. The molecule has 11 heavy (non-hydrogen) atoms. The van der Waals surface area contributed by atoms with Crippen LogP contribution in [0, 0.1) is 13.7 Å². The predicted octanol–water partition coefficient (Wildman–Crippen LogP) is 1.07. The zero-order chi connectivity index (χ0) is 7.98. The molecule has 0 aromatic carbocycles. The number of ether oxygens (including phenoxy) is 2. The Morgan fingerprint density at radius 1 is 1.82 bits per heavy atom. The van der Waals surface area contributed by atoms with Gasteiger partial charge in [-0.15, -0.1) is 0 Å². The minimum atomic E-state index is -0.458. The topological polar surface area (TPSA) is 38.8 Å². The quantitative estimate of drug-likeness (QED) is 0.293. The van der Waals surface area contributed by atoms with Crippen molar-refractivity contribution in [2.45, 2.75) is 6.92 Å². The van der Waals surface area contributed by atoms with E-state index in [2.05, 4.69) is 23.2 Å². The van der Waals surface area contributed by atoms with Gasteiger partial charge in [-0.3, -0.25) is 0 Å². The number of hydrogen-bond acceptors (Lipinski definition) is 3. The molecular formula is C7H10O3Y-2. The maximum absolute atomic E-state index is 10.1. The van der Waals surface area contributed by atoms with E-state index in [1.807, 2.05) is 0 Å². The van der Waals surface area contributed by atoms with Gasteiger partial charge >= 0.3 is 5.97 Å². The van der Waals surface area contributed by atoms with E-state index in [9.17, 15) is 4.79 Å². The Morgan fingerprint density at radius 2 is 2.18 bits per heavy atom. The van der Waals surface area contributed by atoms with Crippen molar-refractivity contribution in [1.29, 1.82) is 0 Å². The molecule has 1 aliphatic heterocycles. The molecule has 0 bridgehead atoms. The molecule has 1 fully saturated rings. The third-order valence-electron chi connectivity index (χ3n) is 0.646. The van der Waals surface area contributed by atoms with Gasteiger partial charge in [-0.05, 0) is 6.92 Å². The molecule has 61 valence electrons. The first-order valence-corrected chi connectivity index (χ1v) is 2.73. The molecule has 0 amide bonds. The minimum Gasteiger partial charge on any atom is -0.637 e. The van der Waals surface area contributed by atoms with Crippen molar-refractivity contribution in [2.75, 3.05) is 6.61 Å². The molecule has 1 heterocycles. The van der Waals surface area contributed by atoms with Crippen LogP contribution in [-0.2, 0) is 47.0 Å². The van der Waals surface area contributed by atoms with Crippen molar-refractivity contribution in [3.05, 3.63) is 25.9 Å². The Morgan fingerprint density at radius 3 is 2.18 bits per heavy atom. The van der Waals surface area contributed by atoms with Crippen molar-refractivity contribution < 1.29 is 47.0 Å². The summed E-state index contributed by atoms with van der Waals surface area (Å²) in [7, 11) is 2.90. The normalized spacial score (nSPS) is 11.5. The van der Waals surface area contributed by atoms with Crippen LogP contribution < -0.4 is 0 Å². The monoisotopic (exact) mass is 231 g/mol. The molecule has 1 radical (unpaired) electrons. The summed E-state index contributed by atoms with van der Waals surface area (Å²) in [6.45, 7) is 7.50. The Hall–Kier alpha value is 0.274. The van der Waals surface area contributed by atoms with Crippen molar-refractivity contribution >= 4 is 5.97 Å². The summed E-state index contributed by atoms with van der Waals surface area (Å²) in [4.78, 5) is 10.1. The van der Waals surface area contributed by atoms with E-state index in [-0.39, 0.29) is 32.7 Å². The molecule has 4 heteroatoms. The molecule has 0 aliphatic carbocycles. The van der Waals surface area contributed by atoms with Crippen molar-refractivity contribution in [2.24, 2.45) is 0 Å². The molecule has 0 atom stereocenters. The van der Waals surface area contributed by atoms with Gasteiger partial charge in [0.25, 0.3) is 0 Å². The first-order valence-electron chi connectivity index (χ1n) is 2.73. The first kappa shape index (κ1) is 13.8. The SMILES string of the molecule is C=C(C)C(=O)O[CH2-].[CH-]1CO1.[Y]. The fourth-order valence-electron chi connectivity index (χ4n) is 0.123. The largest absolute Gasteiger partial charge is 0.637 e. The van der Waals surface area contributed by atoms with Gasteiger partial charge in [-0.2, -0.15) is 13.7 Å².